The van der Waals surface area contributed by atoms with E-state index < -0.39 is 0 Å². The Morgan fingerprint density at radius 1 is 1.19 bits per heavy atom. The van der Waals surface area contributed by atoms with E-state index >= 15 is 0 Å². The summed E-state index contributed by atoms with van der Waals surface area (Å²) in [5.74, 6) is 0.536. The first-order valence-corrected chi connectivity index (χ1v) is 8.82. The number of aromatic nitrogens is 3. The summed E-state index contributed by atoms with van der Waals surface area (Å²) in [6.45, 7) is 6.48. The van der Waals surface area contributed by atoms with Crippen molar-refractivity contribution in [3.8, 4) is 5.75 Å². The summed E-state index contributed by atoms with van der Waals surface area (Å²) in [5.41, 5.74) is 2.05. The average Bonchev–Trinajstić information content (AvgIpc) is 3.01. The van der Waals surface area contributed by atoms with E-state index in [4.69, 9.17) is 4.74 Å². The zero-order valence-electron chi connectivity index (χ0n) is 16.0. The van der Waals surface area contributed by atoms with E-state index in [1.807, 2.05) is 45.0 Å². The molecule has 142 valence electrons. The van der Waals surface area contributed by atoms with Crippen LogP contribution in [0.15, 0.2) is 35.1 Å². The molecule has 2 aromatic heterocycles. The monoisotopic (exact) mass is 368 g/mol. The molecule has 0 spiro atoms. The van der Waals surface area contributed by atoms with Crippen molar-refractivity contribution in [2.45, 2.75) is 32.6 Å². The van der Waals surface area contributed by atoms with Gasteiger partial charge in [-0.2, -0.15) is 0 Å². The number of benzene rings is 1. The maximum absolute atomic E-state index is 12.6. The predicted octanol–water partition coefficient (Wildman–Crippen LogP) is 2.53. The number of ether oxygens (including phenoxy) is 1. The Balaban J connectivity index is 1.76. The number of nitrogens with zero attached hydrogens (tertiary/aromatic N) is 1. The van der Waals surface area contributed by atoms with Gasteiger partial charge in [-0.15, -0.1) is 0 Å². The molecule has 1 amide bonds. The van der Waals surface area contributed by atoms with Gasteiger partial charge in [0.15, 0.2) is 5.65 Å². The number of fused-ring (bicyclic) bond motifs is 1. The molecule has 0 aliphatic rings. The molecule has 0 unspecified atom stereocenters. The van der Waals surface area contributed by atoms with Crippen molar-refractivity contribution in [1.29, 1.82) is 0 Å². The molecule has 0 aliphatic heterocycles. The number of nitrogens with one attached hydrogen (secondary N) is 3. The fourth-order valence-electron chi connectivity index (χ4n) is 2.95. The number of hydrogen-bond donors (Lipinski definition) is 3. The average molecular weight is 368 g/mol. The molecule has 0 saturated heterocycles. The maximum Gasteiger partial charge on any atom is 0.273 e. The van der Waals surface area contributed by atoms with Crippen molar-refractivity contribution in [2.24, 2.45) is 0 Å². The zero-order valence-corrected chi connectivity index (χ0v) is 16.0. The van der Waals surface area contributed by atoms with Crippen molar-refractivity contribution in [1.82, 2.24) is 20.5 Å². The first kappa shape index (κ1) is 18.7. The molecule has 7 nitrogen and oxygen atoms in total. The molecule has 3 rings (SSSR count). The Morgan fingerprint density at radius 3 is 2.52 bits per heavy atom. The highest BCUT2D eigenvalue weighted by molar-refractivity contribution is 5.95. The van der Waals surface area contributed by atoms with E-state index in [-0.39, 0.29) is 22.6 Å². The van der Waals surface area contributed by atoms with Gasteiger partial charge in [0, 0.05) is 6.54 Å². The van der Waals surface area contributed by atoms with Gasteiger partial charge in [-0.3, -0.25) is 19.8 Å². The minimum Gasteiger partial charge on any atom is -0.497 e. The predicted molar refractivity (Wildman–Crippen MR) is 104 cm³/mol. The minimum atomic E-state index is -0.297. The van der Waals surface area contributed by atoms with Crippen LogP contribution in [0, 0.1) is 0 Å². The van der Waals surface area contributed by atoms with Crippen molar-refractivity contribution < 1.29 is 9.53 Å². The molecular weight excluding hydrogens is 344 g/mol. The quantitative estimate of drug-likeness (QED) is 0.644. The number of rotatable bonds is 5. The third-order valence-electron chi connectivity index (χ3n) is 4.44. The summed E-state index contributed by atoms with van der Waals surface area (Å²) in [5, 5.41) is 8.68. The summed E-state index contributed by atoms with van der Waals surface area (Å²) < 4.78 is 5.14. The molecule has 1 aromatic carbocycles. The van der Waals surface area contributed by atoms with Crippen LogP contribution in [0.1, 0.15) is 42.4 Å². The van der Waals surface area contributed by atoms with Gasteiger partial charge in [0.25, 0.3) is 11.5 Å². The fourth-order valence-corrected chi connectivity index (χ4v) is 2.95. The molecule has 0 fully saturated rings. The Hall–Kier alpha value is -3.09. The second-order valence-corrected chi connectivity index (χ2v) is 7.46. The molecule has 0 saturated carbocycles. The Labute approximate surface area is 157 Å². The third-order valence-corrected chi connectivity index (χ3v) is 4.44. The number of amides is 1. The van der Waals surface area contributed by atoms with E-state index in [1.54, 1.807) is 13.2 Å². The highest BCUT2D eigenvalue weighted by Crippen LogP contribution is 2.27. The van der Waals surface area contributed by atoms with E-state index in [2.05, 4.69) is 20.5 Å². The van der Waals surface area contributed by atoms with E-state index in [0.29, 0.717) is 24.0 Å². The molecule has 0 bridgehead atoms. The first-order valence-electron chi connectivity index (χ1n) is 8.82. The molecule has 0 aliphatic carbocycles. The Kier molecular flexibility index (Phi) is 5.03. The number of carbonyl (C=O) groups is 1. The number of pyridine rings is 1. The first-order chi connectivity index (χ1) is 12.8. The highest BCUT2D eigenvalue weighted by Gasteiger charge is 2.23. The number of methoxy groups -OCH3 is 1. The van der Waals surface area contributed by atoms with Gasteiger partial charge in [-0.1, -0.05) is 32.9 Å². The van der Waals surface area contributed by atoms with Crippen LogP contribution in [-0.2, 0) is 11.8 Å². The lowest BCUT2D eigenvalue weighted by molar-refractivity contribution is 0.0949. The number of hydrogen-bond acceptors (Lipinski definition) is 4. The van der Waals surface area contributed by atoms with Gasteiger partial charge in [0.2, 0.25) is 0 Å². The van der Waals surface area contributed by atoms with E-state index in [1.165, 1.54) is 0 Å². The smallest absolute Gasteiger partial charge is 0.273 e. The summed E-state index contributed by atoms with van der Waals surface area (Å²) in [4.78, 5) is 28.9. The molecule has 0 radical (unpaired) electrons. The van der Waals surface area contributed by atoms with E-state index in [9.17, 15) is 9.59 Å². The fraction of sp³-hybridized carbons (Fsp3) is 0.350. The molecule has 3 N–H and O–H groups in total. The largest absolute Gasteiger partial charge is 0.497 e. The van der Waals surface area contributed by atoms with Crippen LogP contribution in [0.4, 0.5) is 0 Å². The van der Waals surface area contributed by atoms with Crippen LogP contribution < -0.4 is 15.6 Å². The second-order valence-electron chi connectivity index (χ2n) is 7.46. The van der Waals surface area contributed by atoms with Crippen LogP contribution in [0.3, 0.4) is 0 Å². The van der Waals surface area contributed by atoms with Gasteiger partial charge in [-0.25, -0.2) is 4.98 Å². The van der Waals surface area contributed by atoms with Gasteiger partial charge < -0.3 is 10.1 Å². The van der Waals surface area contributed by atoms with Crippen molar-refractivity contribution in [3.05, 3.63) is 57.5 Å². The van der Waals surface area contributed by atoms with Gasteiger partial charge in [-0.05, 0) is 41.2 Å². The molecule has 0 atom stereocenters. The molecule has 3 aromatic rings. The second kappa shape index (κ2) is 7.26. The van der Waals surface area contributed by atoms with Gasteiger partial charge in [0.1, 0.15) is 11.4 Å². The number of carbonyl (C=O) groups excluding carboxylic acids is 1. The molecule has 27 heavy (non-hydrogen) atoms. The summed E-state index contributed by atoms with van der Waals surface area (Å²) in [6, 6.07) is 9.43. The van der Waals surface area contributed by atoms with Crippen molar-refractivity contribution in [3.63, 3.8) is 0 Å². The molecule has 7 heteroatoms. The zero-order chi connectivity index (χ0) is 19.6. The van der Waals surface area contributed by atoms with Crippen molar-refractivity contribution >= 4 is 16.9 Å². The summed E-state index contributed by atoms with van der Waals surface area (Å²) in [7, 11) is 1.63. The van der Waals surface area contributed by atoms with Crippen LogP contribution in [0.2, 0.25) is 0 Å². The van der Waals surface area contributed by atoms with Gasteiger partial charge >= 0.3 is 0 Å². The SMILES string of the molecule is COc1ccc(CCNC(=O)c2cc(C(C)(C)C)c3c(=O)[nH][nH]c3n2)cc1. The summed E-state index contributed by atoms with van der Waals surface area (Å²) in [6.07, 6.45) is 0.699. The van der Waals surface area contributed by atoms with Crippen molar-refractivity contribution in [2.75, 3.05) is 13.7 Å². The number of H-pyrrole nitrogens is 2. The van der Waals surface area contributed by atoms with Crippen LogP contribution in [0.5, 0.6) is 5.75 Å². The lowest BCUT2D eigenvalue weighted by atomic mass is 9.85. The maximum atomic E-state index is 12.6. The van der Waals surface area contributed by atoms with Crippen LogP contribution in [-0.4, -0.2) is 34.7 Å². The normalized spacial score (nSPS) is 11.6. The molecule has 2 heterocycles. The Bertz CT molecular complexity index is 1010. The number of aromatic amines is 2. The van der Waals surface area contributed by atoms with Gasteiger partial charge in [0.05, 0.1) is 12.5 Å². The van der Waals surface area contributed by atoms with Crippen LogP contribution >= 0.6 is 0 Å². The summed E-state index contributed by atoms with van der Waals surface area (Å²) >= 11 is 0. The lowest BCUT2D eigenvalue weighted by Crippen LogP contribution is -2.27. The minimum absolute atomic E-state index is 0.228. The topological polar surface area (TPSA) is 99.9 Å². The van der Waals surface area contributed by atoms with E-state index in [0.717, 1.165) is 16.9 Å². The molecular formula is C20H24N4O3. The van der Waals surface area contributed by atoms with Crippen LogP contribution in [0.25, 0.3) is 11.0 Å². The lowest BCUT2D eigenvalue weighted by Gasteiger charge is -2.20. The Morgan fingerprint density at radius 2 is 1.89 bits per heavy atom. The highest BCUT2D eigenvalue weighted by atomic mass is 16.5. The standard InChI is InChI=1S/C20H24N4O3/c1-20(2,3)14-11-15(22-17-16(14)19(26)24-23-17)18(25)21-10-9-12-5-7-13(27-4)8-6-12/h5-8,11H,9-10H2,1-4H3,(H,21,25)(H2,22,23,24,26). The third kappa shape index (κ3) is 4.02.